The summed E-state index contributed by atoms with van der Waals surface area (Å²) < 4.78 is 5.19. The molecule has 25 heavy (non-hydrogen) atoms. The van der Waals surface area contributed by atoms with Crippen molar-refractivity contribution < 1.29 is 14.3 Å². The lowest BCUT2D eigenvalue weighted by Gasteiger charge is -2.13. The molecule has 124 valence electrons. The summed E-state index contributed by atoms with van der Waals surface area (Å²) in [5.74, 6) is -1.19. The van der Waals surface area contributed by atoms with Crippen molar-refractivity contribution in [3.8, 4) is 6.07 Å². The van der Waals surface area contributed by atoms with Gasteiger partial charge in [0.1, 0.15) is 0 Å². The number of nitrogens with one attached hydrogen (secondary N) is 2. The van der Waals surface area contributed by atoms with E-state index in [2.05, 4.69) is 15.5 Å². The van der Waals surface area contributed by atoms with Crippen molar-refractivity contribution in [3.05, 3.63) is 59.8 Å². The molecular formula is C18H14N4O3. The van der Waals surface area contributed by atoms with Crippen LogP contribution in [0.2, 0.25) is 0 Å². The lowest BCUT2D eigenvalue weighted by Crippen LogP contribution is -2.30. The Balaban J connectivity index is 1.68. The maximum atomic E-state index is 12.3. The number of ether oxygens (including phenoxy) is 1. The van der Waals surface area contributed by atoms with Crippen molar-refractivity contribution in [1.82, 2.24) is 10.2 Å². The van der Waals surface area contributed by atoms with Crippen LogP contribution in [0, 0.1) is 11.3 Å². The number of aromatic amines is 1. The van der Waals surface area contributed by atoms with E-state index >= 15 is 0 Å². The van der Waals surface area contributed by atoms with Crippen molar-refractivity contribution in [2.24, 2.45) is 0 Å². The van der Waals surface area contributed by atoms with Crippen LogP contribution in [0.3, 0.4) is 0 Å². The molecule has 3 aromatic rings. The highest BCUT2D eigenvalue weighted by atomic mass is 16.5. The van der Waals surface area contributed by atoms with Crippen molar-refractivity contribution in [2.45, 2.75) is 13.0 Å². The number of carbonyl (C=O) groups is 2. The van der Waals surface area contributed by atoms with E-state index in [1.165, 1.54) is 13.0 Å². The van der Waals surface area contributed by atoms with Crippen molar-refractivity contribution in [1.29, 1.82) is 5.26 Å². The number of nitriles is 1. The average Bonchev–Trinajstić information content (AvgIpc) is 3.06. The van der Waals surface area contributed by atoms with Gasteiger partial charge in [0.2, 0.25) is 0 Å². The van der Waals surface area contributed by atoms with Gasteiger partial charge in [0, 0.05) is 11.1 Å². The van der Waals surface area contributed by atoms with Crippen molar-refractivity contribution in [3.63, 3.8) is 0 Å². The maximum absolute atomic E-state index is 12.3. The number of hydrogen-bond donors (Lipinski definition) is 2. The van der Waals surface area contributed by atoms with Gasteiger partial charge in [0.05, 0.1) is 17.1 Å². The molecule has 1 heterocycles. The minimum atomic E-state index is -1.02. The number of aromatic nitrogens is 2. The maximum Gasteiger partial charge on any atom is 0.360 e. The second kappa shape index (κ2) is 6.84. The number of amides is 1. The molecule has 0 fully saturated rings. The van der Waals surface area contributed by atoms with Gasteiger partial charge in [0.25, 0.3) is 5.91 Å². The van der Waals surface area contributed by atoms with Crippen molar-refractivity contribution >= 4 is 28.5 Å². The Hall–Kier alpha value is -3.66. The summed E-state index contributed by atoms with van der Waals surface area (Å²) >= 11 is 0. The number of hydrogen-bond acceptors (Lipinski definition) is 5. The molecule has 1 atom stereocenters. The molecule has 1 amide bonds. The number of carbonyl (C=O) groups excluding carboxylic acids is 2. The number of nitrogens with zero attached hydrogens (tertiary/aromatic N) is 2. The smallest absolute Gasteiger partial charge is 0.360 e. The minimum Gasteiger partial charge on any atom is -0.448 e. The summed E-state index contributed by atoms with van der Waals surface area (Å²) in [6.07, 6.45) is -1.02. The van der Waals surface area contributed by atoms with E-state index in [1.54, 1.807) is 36.4 Å². The first-order chi connectivity index (χ1) is 12.1. The molecule has 2 N–H and O–H groups in total. The predicted octanol–water partition coefficient (Wildman–Crippen LogP) is 2.62. The lowest BCUT2D eigenvalue weighted by atomic mass is 10.2. The summed E-state index contributed by atoms with van der Waals surface area (Å²) in [5, 5.41) is 18.8. The number of para-hydroxylation sites is 1. The second-order valence-corrected chi connectivity index (χ2v) is 5.35. The molecule has 3 rings (SSSR count). The van der Waals surface area contributed by atoms with Crippen LogP contribution in [-0.4, -0.2) is 28.2 Å². The Kier molecular flexibility index (Phi) is 4.44. The van der Waals surface area contributed by atoms with E-state index in [9.17, 15) is 9.59 Å². The second-order valence-electron chi connectivity index (χ2n) is 5.35. The topological polar surface area (TPSA) is 108 Å². The normalized spacial score (nSPS) is 11.5. The van der Waals surface area contributed by atoms with Crippen LogP contribution in [0.15, 0.2) is 48.5 Å². The molecule has 0 aliphatic heterocycles. The number of esters is 1. The Morgan fingerprint density at radius 3 is 2.84 bits per heavy atom. The number of benzene rings is 2. The SMILES string of the molecule is CC(OC(=O)c1n[nH]c2ccccc12)C(=O)Nc1cccc(C#N)c1. The zero-order valence-electron chi connectivity index (χ0n) is 13.3. The third-order valence-corrected chi connectivity index (χ3v) is 3.58. The van der Waals surface area contributed by atoms with E-state index in [1.807, 2.05) is 12.1 Å². The molecular weight excluding hydrogens is 320 g/mol. The molecule has 1 aromatic heterocycles. The summed E-state index contributed by atoms with van der Waals surface area (Å²) in [6.45, 7) is 1.47. The number of fused-ring (bicyclic) bond motifs is 1. The van der Waals surface area contributed by atoms with Gasteiger partial charge in [-0.05, 0) is 31.2 Å². The Morgan fingerprint density at radius 2 is 2.04 bits per heavy atom. The summed E-state index contributed by atoms with van der Waals surface area (Å²) in [5.41, 5.74) is 1.71. The molecule has 0 aliphatic carbocycles. The molecule has 0 saturated carbocycles. The van der Waals surface area contributed by atoms with Gasteiger partial charge in [0.15, 0.2) is 11.8 Å². The third-order valence-electron chi connectivity index (χ3n) is 3.58. The number of H-pyrrole nitrogens is 1. The van der Waals surface area contributed by atoms with Crippen molar-refractivity contribution in [2.75, 3.05) is 5.32 Å². The van der Waals surface area contributed by atoms with Crippen LogP contribution in [0.5, 0.6) is 0 Å². The van der Waals surface area contributed by atoms with Gasteiger partial charge in [-0.2, -0.15) is 10.4 Å². The van der Waals surface area contributed by atoms with Gasteiger partial charge in [-0.15, -0.1) is 0 Å². The first kappa shape index (κ1) is 16.2. The van der Waals surface area contributed by atoms with Crippen LogP contribution in [0.1, 0.15) is 23.0 Å². The van der Waals surface area contributed by atoms with Crippen LogP contribution >= 0.6 is 0 Å². The molecule has 0 saturated heterocycles. The summed E-state index contributed by atoms with van der Waals surface area (Å²) in [4.78, 5) is 24.4. The highest BCUT2D eigenvalue weighted by Crippen LogP contribution is 2.17. The van der Waals surface area contributed by atoms with Gasteiger partial charge in [-0.1, -0.05) is 24.3 Å². The first-order valence-electron chi connectivity index (χ1n) is 7.53. The van der Waals surface area contributed by atoms with Crippen LogP contribution in [0.25, 0.3) is 10.9 Å². The molecule has 7 heteroatoms. The standard InChI is InChI=1S/C18H14N4O3/c1-11(17(23)20-13-6-4-5-12(9-13)10-19)25-18(24)16-14-7-2-3-8-15(14)21-22-16/h2-9,11H,1H3,(H,20,23)(H,21,22). The van der Waals surface area contributed by atoms with Crippen LogP contribution in [-0.2, 0) is 9.53 Å². The largest absolute Gasteiger partial charge is 0.448 e. The first-order valence-corrected chi connectivity index (χ1v) is 7.53. The van der Waals surface area contributed by atoms with Gasteiger partial charge in [-0.3, -0.25) is 9.89 Å². The Morgan fingerprint density at radius 1 is 1.24 bits per heavy atom. The van der Waals surface area contributed by atoms with E-state index in [4.69, 9.17) is 10.00 Å². The fourth-order valence-corrected chi connectivity index (χ4v) is 2.30. The Bertz CT molecular complexity index is 987. The number of rotatable bonds is 4. The third kappa shape index (κ3) is 3.48. The van der Waals surface area contributed by atoms with E-state index in [-0.39, 0.29) is 5.69 Å². The summed E-state index contributed by atoms with van der Waals surface area (Å²) in [7, 11) is 0. The van der Waals surface area contributed by atoms with E-state index in [0.29, 0.717) is 22.2 Å². The summed E-state index contributed by atoms with van der Waals surface area (Å²) in [6, 6.07) is 15.6. The fourth-order valence-electron chi connectivity index (χ4n) is 2.30. The zero-order chi connectivity index (χ0) is 17.8. The lowest BCUT2D eigenvalue weighted by molar-refractivity contribution is -0.123. The molecule has 1 unspecified atom stereocenters. The molecule has 0 spiro atoms. The average molecular weight is 334 g/mol. The quantitative estimate of drug-likeness (QED) is 0.713. The molecule has 2 aromatic carbocycles. The Labute approximate surface area is 143 Å². The van der Waals surface area contributed by atoms with Gasteiger partial charge < -0.3 is 10.1 Å². The fraction of sp³-hybridized carbons (Fsp3) is 0.111. The predicted molar refractivity (Wildman–Crippen MR) is 90.8 cm³/mol. The zero-order valence-corrected chi connectivity index (χ0v) is 13.3. The molecule has 0 bridgehead atoms. The van der Waals surface area contributed by atoms with Gasteiger partial charge >= 0.3 is 5.97 Å². The molecule has 7 nitrogen and oxygen atoms in total. The van der Waals surface area contributed by atoms with Crippen LogP contribution in [0.4, 0.5) is 5.69 Å². The monoisotopic (exact) mass is 334 g/mol. The van der Waals surface area contributed by atoms with Gasteiger partial charge in [-0.25, -0.2) is 4.79 Å². The number of anilines is 1. The highest BCUT2D eigenvalue weighted by molar-refractivity contribution is 6.03. The molecule has 0 radical (unpaired) electrons. The minimum absolute atomic E-state index is 0.127. The van der Waals surface area contributed by atoms with E-state index in [0.717, 1.165) is 0 Å². The van der Waals surface area contributed by atoms with E-state index < -0.39 is 18.0 Å². The highest BCUT2D eigenvalue weighted by Gasteiger charge is 2.22. The van der Waals surface area contributed by atoms with Crippen LogP contribution < -0.4 is 5.32 Å². The molecule has 0 aliphatic rings.